The van der Waals surface area contributed by atoms with E-state index < -0.39 is 0 Å². The molecular weight excluding hydrogens is 230 g/mol. The highest BCUT2D eigenvalue weighted by atomic mass is 16.1. The van der Waals surface area contributed by atoms with Crippen LogP contribution in [-0.2, 0) is 20.0 Å². The van der Waals surface area contributed by atoms with Crippen LogP contribution in [0.1, 0.15) is 12.7 Å². The topological polar surface area (TPSA) is 64.7 Å². The average Bonchev–Trinajstić information content (AvgIpc) is 2.77. The third-order valence-electron chi connectivity index (χ3n) is 2.82. The third-order valence-corrected chi connectivity index (χ3v) is 2.82. The van der Waals surface area contributed by atoms with Crippen molar-refractivity contribution < 1.29 is 0 Å². The van der Waals surface area contributed by atoms with E-state index in [1.165, 1.54) is 0 Å². The van der Waals surface area contributed by atoms with Gasteiger partial charge in [-0.05, 0) is 6.92 Å². The molecule has 96 valence electrons. The second-order valence-corrected chi connectivity index (χ2v) is 4.00. The fourth-order valence-electron chi connectivity index (χ4n) is 1.75. The molecule has 18 heavy (non-hydrogen) atoms. The van der Waals surface area contributed by atoms with Crippen LogP contribution in [0.3, 0.4) is 0 Å². The van der Waals surface area contributed by atoms with Crippen LogP contribution in [0, 0.1) is 0 Å². The third kappa shape index (κ3) is 2.58. The summed E-state index contributed by atoms with van der Waals surface area (Å²) in [5.41, 5.74) is -0.0835. The van der Waals surface area contributed by atoms with Crippen molar-refractivity contribution in [3.63, 3.8) is 0 Å². The number of hydrogen-bond donors (Lipinski definition) is 1. The SMILES string of the molecule is CCn1ccnc(NCCc2nccn2C)c1=O. The lowest BCUT2D eigenvalue weighted by Gasteiger charge is -2.07. The molecule has 2 aromatic rings. The van der Waals surface area contributed by atoms with Gasteiger partial charge in [0.25, 0.3) is 5.56 Å². The van der Waals surface area contributed by atoms with E-state index in [1.54, 1.807) is 23.2 Å². The van der Waals surface area contributed by atoms with Crippen LogP contribution < -0.4 is 10.9 Å². The Kier molecular flexibility index (Phi) is 3.76. The van der Waals surface area contributed by atoms with Gasteiger partial charge >= 0.3 is 0 Å². The summed E-state index contributed by atoms with van der Waals surface area (Å²) >= 11 is 0. The molecule has 2 aromatic heterocycles. The molecule has 0 fully saturated rings. The zero-order valence-corrected chi connectivity index (χ0v) is 10.6. The van der Waals surface area contributed by atoms with E-state index in [0.717, 1.165) is 12.2 Å². The lowest BCUT2D eigenvalue weighted by atomic mass is 10.4. The van der Waals surface area contributed by atoms with Crippen molar-refractivity contribution in [2.45, 2.75) is 19.9 Å². The Hall–Kier alpha value is -2.11. The number of rotatable bonds is 5. The van der Waals surface area contributed by atoms with Crippen molar-refractivity contribution in [1.82, 2.24) is 19.1 Å². The van der Waals surface area contributed by atoms with Crippen molar-refractivity contribution in [2.75, 3.05) is 11.9 Å². The summed E-state index contributed by atoms with van der Waals surface area (Å²) in [6.07, 6.45) is 7.74. The molecule has 2 rings (SSSR count). The van der Waals surface area contributed by atoms with Gasteiger partial charge in [-0.3, -0.25) is 4.79 Å². The number of nitrogens with one attached hydrogen (secondary N) is 1. The number of nitrogens with zero attached hydrogens (tertiary/aromatic N) is 4. The molecule has 1 N–H and O–H groups in total. The van der Waals surface area contributed by atoms with Crippen LogP contribution in [0.2, 0.25) is 0 Å². The number of aromatic nitrogens is 4. The minimum absolute atomic E-state index is 0.0835. The van der Waals surface area contributed by atoms with Gasteiger partial charge in [-0.2, -0.15) is 0 Å². The first-order chi connectivity index (χ1) is 8.72. The van der Waals surface area contributed by atoms with Gasteiger partial charge in [-0.25, -0.2) is 9.97 Å². The summed E-state index contributed by atoms with van der Waals surface area (Å²) in [6.45, 7) is 3.22. The van der Waals surface area contributed by atoms with Crippen LogP contribution in [-0.4, -0.2) is 25.6 Å². The molecule has 0 radical (unpaired) electrons. The van der Waals surface area contributed by atoms with Crippen molar-refractivity contribution >= 4 is 5.82 Å². The Morgan fingerprint density at radius 3 is 2.72 bits per heavy atom. The Balaban J connectivity index is 1.99. The van der Waals surface area contributed by atoms with Gasteiger partial charge in [0.15, 0.2) is 5.82 Å². The van der Waals surface area contributed by atoms with Gasteiger partial charge in [0.2, 0.25) is 0 Å². The first kappa shape index (κ1) is 12.3. The lowest BCUT2D eigenvalue weighted by Crippen LogP contribution is -2.24. The summed E-state index contributed by atoms with van der Waals surface area (Å²) in [6, 6.07) is 0. The molecule has 0 bridgehead atoms. The largest absolute Gasteiger partial charge is 0.365 e. The molecule has 6 nitrogen and oxygen atoms in total. The Labute approximate surface area is 105 Å². The van der Waals surface area contributed by atoms with Gasteiger partial charge in [0.05, 0.1) is 0 Å². The van der Waals surface area contributed by atoms with Crippen LogP contribution in [0.25, 0.3) is 0 Å². The van der Waals surface area contributed by atoms with E-state index >= 15 is 0 Å². The number of anilines is 1. The van der Waals surface area contributed by atoms with Gasteiger partial charge in [0.1, 0.15) is 5.82 Å². The first-order valence-electron chi connectivity index (χ1n) is 5.98. The summed E-state index contributed by atoms with van der Waals surface area (Å²) in [5, 5.41) is 3.06. The van der Waals surface area contributed by atoms with Crippen molar-refractivity contribution in [3.05, 3.63) is 41.0 Å². The Morgan fingerprint density at radius 1 is 1.28 bits per heavy atom. The molecule has 0 saturated heterocycles. The van der Waals surface area contributed by atoms with Crippen LogP contribution >= 0.6 is 0 Å². The maximum absolute atomic E-state index is 11.9. The normalized spacial score (nSPS) is 10.6. The average molecular weight is 247 g/mol. The molecule has 6 heteroatoms. The Morgan fingerprint density at radius 2 is 2.06 bits per heavy atom. The smallest absolute Gasteiger partial charge is 0.293 e. The summed E-state index contributed by atoms with van der Waals surface area (Å²) in [5.74, 6) is 1.38. The first-order valence-corrected chi connectivity index (χ1v) is 5.98. The molecule has 0 spiro atoms. The van der Waals surface area contributed by atoms with E-state index in [9.17, 15) is 4.79 Å². The van der Waals surface area contributed by atoms with Crippen LogP contribution in [0.15, 0.2) is 29.6 Å². The summed E-state index contributed by atoms with van der Waals surface area (Å²) in [7, 11) is 1.95. The Bertz CT molecular complexity index is 572. The molecule has 0 aliphatic carbocycles. The molecule has 0 aliphatic heterocycles. The van der Waals surface area contributed by atoms with E-state index in [0.29, 0.717) is 18.9 Å². The minimum atomic E-state index is -0.0835. The monoisotopic (exact) mass is 247 g/mol. The molecule has 0 aliphatic rings. The predicted octanol–water partition coefficient (Wildman–Crippen LogP) is 0.651. The van der Waals surface area contributed by atoms with Crippen molar-refractivity contribution in [1.29, 1.82) is 0 Å². The molecule has 2 heterocycles. The van der Waals surface area contributed by atoms with Gasteiger partial charge in [-0.1, -0.05) is 0 Å². The lowest BCUT2D eigenvalue weighted by molar-refractivity contribution is 0.717. The van der Waals surface area contributed by atoms with Crippen LogP contribution in [0.5, 0.6) is 0 Å². The fraction of sp³-hybridized carbons (Fsp3) is 0.417. The fourth-order valence-corrected chi connectivity index (χ4v) is 1.75. The molecule has 0 aromatic carbocycles. The van der Waals surface area contributed by atoms with Crippen molar-refractivity contribution in [3.8, 4) is 0 Å². The standard InChI is InChI=1S/C12H17N5O/c1-3-17-9-7-15-11(12(17)18)14-5-4-10-13-6-8-16(10)2/h6-9H,3-5H2,1-2H3,(H,14,15). The zero-order valence-electron chi connectivity index (χ0n) is 10.6. The second-order valence-electron chi connectivity index (χ2n) is 4.00. The molecule has 0 unspecified atom stereocenters. The van der Waals surface area contributed by atoms with Crippen molar-refractivity contribution in [2.24, 2.45) is 7.05 Å². The highest BCUT2D eigenvalue weighted by Crippen LogP contribution is 1.97. The van der Waals surface area contributed by atoms with Gasteiger partial charge < -0.3 is 14.5 Å². The second kappa shape index (κ2) is 5.48. The van der Waals surface area contributed by atoms with E-state index in [-0.39, 0.29) is 5.56 Å². The maximum atomic E-state index is 11.9. The van der Waals surface area contributed by atoms with Gasteiger partial charge in [-0.15, -0.1) is 0 Å². The summed E-state index contributed by atoms with van der Waals surface area (Å²) < 4.78 is 3.58. The quantitative estimate of drug-likeness (QED) is 0.842. The minimum Gasteiger partial charge on any atom is -0.365 e. The van der Waals surface area contributed by atoms with E-state index in [4.69, 9.17) is 0 Å². The number of aryl methyl sites for hydroxylation is 2. The van der Waals surface area contributed by atoms with Gasteiger partial charge in [0, 0.05) is 51.3 Å². The number of imidazole rings is 1. The maximum Gasteiger partial charge on any atom is 0.293 e. The predicted molar refractivity (Wildman–Crippen MR) is 69.6 cm³/mol. The zero-order chi connectivity index (χ0) is 13.0. The highest BCUT2D eigenvalue weighted by Gasteiger charge is 2.04. The van der Waals surface area contributed by atoms with E-state index in [1.807, 2.05) is 24.7 Å². The molecule has 0 saturated carbocycles. The summed E-state index contributed by atoms with van der Waals surface area (Å²) in [4.78, 5) is 20.2. The molecule has 0 atom stereocenters. The number of hydrogen-bond acceptors (Lipinski definition) is 4. The molecule has 0 amide bonds. The van der Waals surface area contributed by atoms with E-state index in [2.05, 4.69) is 15.3 Å². The highest BCUT2D eigenvalue weighted by molar-refractivity contribution is 5.30. The molecular formula is C12H17N5O. The van der Waals surface area contributed by atoms with Crippen LogP contribution in [0.4, 0.5) is 5.82 Å².